The molecule has 7 heteroatoms. The number of anilines is 1. The molecule has 2 aliphatic rings. The molecule has 1 aromatic carbocycles. The van der Waals surface area contributed by atoms with Gasteiger partial charge < -0.3 is 20.3 Å². The number of fused-ring (bicyclic) bond motifs is 1. The molecule has 0 unspecified atom stereocenters. The van der Waals surface area contributed by atoms with Crippen LogP contribution < -0.4 is 15.5 Å². The Morgan fingerprint density at radius 2 is 2.13 bits per heavy atom. The second-order valence-corrected chi connectivity index (χ2v) is 6.55. The Morgan fingerprint density at radius 3 is 2.96 bits per heavy atom. The molecule has 2 heterocycles. The first-order valence-corrected chi connectivity index (χ1v) is 8.53. The monoisotopic (exact) mass is 334 g/mol. The van der Waals surface area contributed by atoms with Gasteiger partial charge in [0.25, 0.3) is 5.91 Å². The molecular weight excluding hydrogens is 314 g/mol. The first-order valence-electron chi connectivity index (χ1n) is 7.71. The number of amides is 2. The molecular formula is C16H20N3O3S+. The van der Waals surface area contributed by atoms with Crippen LogP contribution in [0.5, 0.6) is 0 Å². The van der Waals surface area contributed by atoms with E-state index in [4.69, 9.17) is 4.74 Å². The van der Waals surface area contributed by atoms with E-state index in [0.717, 1.165) is 43.4 Å². The van der Waals surface area contributed by atoms with Gasteiger partial charge in [0.05, 0.1) is 36.9 Å². The number of para-hydroxylation sites is 1. The molecule has 3 rings (SSSR count). The Hall–Kier alpha value is -1.83. The van der Waals surface area contributed by atoms with Crippen molar-refractivity contribution in [2.45, 2.75) is 4.90 Å². The fourth-order valence-corrected chi connectivity index (χ4v) is 3.47. The number of thioether (sulfide) groups is 1. The second kappa shape index (κ2) is 7.63. The first-order chi connectivity index (χ1) is 11.2. The number of hydrogen-bond donors (Lipinski definition) is 3. The summed E-state index contributed by atoms with van der Waals surface area (Å²) in [6.45, 7) is 4.99. The summed E-state index contributed by atoms with van der Waals surface area (Å²) in [4.78, 5) is 26.8. The summed E-state index contributed by atoms with van der Waals surface area (Å²) in [6.07, 6.45) is 1.38. The predicted molar refractivity (Wildman–Crippen MR) is 88.4 cm³/mol. The van der Waals surface area contributed by atoms with Gasteiger partial charge in [0.15, 0.2) is 0 Å². The van der Waals surface area contributed by atoms with E-state index in [1.807, 2.05) is 24.3 Å². The summed E-state index contributed by atoms with van der Waals surface area (Å²) in [5.74, 6) is -0.461. The van der Waals surface area contributed by atoms with Crippen LogP contribution >= 0.6 is 11.8 Å². The zero-order chi connectivity index (χ0) is 16.1. The number of ether oxygens (including phenoxy) is 1. The molecule has 122 valence electrons. The van der Waals surface area contributed by atoms with Gasteiger partial charge in [0.2, 0.25) is 5.91 Å². The van der Waals surface area contributed by atoms with Gasteiger partial charge in [-0.05, 0) is 12.1 Å². The Labute approximate surface area is 139 Å². The molecule has 6 nitrogen and oxygen atoms in total. The van der Waals surface area contributed by atoms with Crippen LogP contribution in [0.4, 0.5) is 5.69 Å². The van der Waals surface area contributed by atoms with Gasteiger partial charge in [-0.3, -0.25) is 9.59 Å². The summed E-state index contributed by atoms with van der Waals surface area (Å²) in [5, 5.41) is 5.65. The van der Waals surface area contributed by atoms with Crippen molar-refractivity contribution in [1.82, 2.24) is 5.32 Å². The molecule has 0 bridgehead atoms. The molecule has 2 aliphatic heterocycles. The standard InChI is InChI=1S/C16H19N3O3S/c20-15(17-5-6-19-7-9-22-10-8-19)11-14-16(21)18-12-3-1-2-4-13(12)23-14/h1-4,11H,5-10H2,(H,17,20)(H,18,21)/p+1. The molecule has 23 heavy (non-hydrogen) atoms. The van der Waals surface area contributed by atoms with Crippen molar-refractivity contribution in [3.63, 3.8) is 0 Å². The third-order valence-corrected chi connectivity index (χ3v) is 4.92. The molecule has 0 spiro atoms. The average Bonchev–Trinajstić information content (AvgIpc) is 2.56. The number of benzene rings is 1. The van der Waals surface area contributed by atoms with Crippen molar-refractivity contribution < 1.29 is 19.2 Å². The Balaban J connectivity index is 1.52. The molecule has 0 atom stereocenters. The molecule has 1 fully saturated rings. The molecule has 0 radical (unpaired) electrons. The summed E-state index contributed by atoms with van der Waals surface area (Å²) >= 11 is 1.32. The molecule has 1 aromatic rings. The largest absolute Gasteiger partial charge is 0.370 e. The van der Waals surface area contributed by atoms with Crippen LogP contribution in [0, 0.1) is 0 Å². The zero-order valence-electron chi connectivity index (χ0n) is 12.8. The van der Waals surface area contributed by atoms with E-state index < -0.39 is 0 Å². The van der Waals surface area contributed by atoms with Crippen LogP contribution in [0.3, 0.4) is 0 Å². The highest BCUT2D eigenvalue weighted by molar-refractivity contribution is 8.04. The second-order valence-electron chi connectivity index (χ2n) is 5.46. The number of hydrogen-bond acceptors (Lipinski definition) is 4. The van der Waals surface area contributed by atoms with E-state index in [-0.39, 0.29) is 11.8 Å². The van der Waals surface area contributed by atoms with Crippen LogP contribution in [0.25, 0.3) is 0 Å². The van der Waals surface area contributed by atoms with E-state index in [0.29, 0.717) is 11.4 Å². The van der Waals surface area contributed by atoms with Crippen LogP contribution in [0.1, 0.15) is 0 Å². The number of nitrogens with one attached hydrogen (secondary N) is 3. The number of carbonyl (C=O) groups is 2. The van der Waals surface area contributed by atoms with Crippen LogP contribution in [-0.4, -0.2) is 51.2 Å². The van der Waals surface area contributed by atoms with Crippen LogP contribution in [-0.2, 0) is 14.3 Å². The minimum Gasteiger partial charge on any atom is -0.370 e. The normalized spacial score (nSPS) is 20.0. The van der Waals surface area contributed by atoms with Crippen LogP contribution in [0.2, 0.25) is 0 Å². The number of carbonyl (C=O) groups excluding carboxylic acids is 2. The SMILES string of the molecule is O=C(C=C1Sc2ccccc2NC1=O)NCC[NH+]1CCOCC1. The smallest absolute Gasteiger partial charge is 0.262 e. The lowest BCUT2D eigenvalue weighted by atomic mass is 10.3. The maximum atomic E-state index is 12.0. The summed E-state index contributed by atoms with van der Waals surface area (Å²) in [5.41, 5.74) is 0.788. The van der Waals surface area contributed by atoms with Gasteiger partial charge in [-0.25, -0.2) is 0 Å². The quantitative estimate of drug-likeness (QED) is 0.658. The van der Waals surface area contributed by atoms with Gasteiger partial charge >= 0.3 is 0 Å². The van der Waals surface area contributed by atoms with E-state index in [9.17, 15) is 9.59 Å². The first kappa shape index (κ1) is 16.0. The van der Waals surface area contributed by atoms with E-state index in [1.54, 1.807) is 0 Å². The van der Waals surface area contributed by atoms with Gasteiger partial charge in [0, 0.05) is 11.0 Å². The number of rotatable bonds is 4. The van der Waals surface area contributed by atoms with Crippen molar-refractivity contribution in [2.75, 3.05) is 44.7 Å². The third-order valence-electron chi connectivity index (χ3n) is 3.82. The lowest BCUT2D eigenvalue weighted by Gasteiger charge is -2.23. The van der Waals surface area contributed by atoms with Crippen molar-refractivity contribution in [3.8, 4) is 0 Å². The van der Waals surface area contributed by atoms with Crippen molar-refractivity contribution in [3.05, 3.63) is 35.2 Å². The maximum absolute atomic E-state index is 12.0. The summed E-state index contributed by atoms with van der Waals surface area (Å²) < 4.78 is 5.30. The van der Waals surface area contributed by atoms with Gasteiger partial charge in [-0.1, -0.05) is 23.9 Å². The van der Waals surface area contributed by atoms with Gasteiger partial charge in [-0.15, -0.1) is 0 Å². The van der Waals surface area contributed by atoms with Gasteiger partial charge in [-0.2, -0.15) is 0 Å². The lowest BCUT2D eigenvalue weighted by Crippen LogP contribution is -3.14. The van der Waals surface area contributed by atoms with Crippen molar-refractivity contribution in [2.24, 2.45) is 0 Å². The molecule has 3 N–H and O–H groups in total. The highest BCUT2D eigenvalue weighted by atomic mass is 32.2. The minimum absolute atomic E-state index is 0.227. The molecule has 0 saturated carbocycles. The summed E-state index contributed by atoms with van der Waals surface area (Å²) in [6, 6.07) is 7.55. The predicted octanol–water partition coefficient (Wildman–Crippen LogP) is -0.354. The average molecular weight is 334 g/mol. The fourth-order valence-electron chi connectivity index (χ4n) is 2.55. The third kappa shape index (κ3) is 4.34. The zero-order valence-corrected chi connectivity index (χ0v) is 13.6. The Bertz CT molecular complexity index is 627. The van der Waals surface area contributed by atoms with E-state index >= 15 is 0 Å². The molecule has 0 aromatic heterocycles. The highest BCUT2D eigenvalue weighted by Gasteiger charge is 2.21. The van der Waals surface area contributed by atoms with E-state index in [1.165, 1.54) is 22.7 Å². The fraction of sp³-hybridized carbons (Fsp3) is 0.375. The number of morpholine rings is 1. The summed E-state index contributed by atoms with van der Waals surface area (Å²) in [7, 11) is 0. The minimum atomic E-state index is -0.234. The van der Waals surface area contributed by atoms with Crippen LogP contribution in [0.15, 0.2) is 40.1 Å². The highest BCUT2D eigenvalue weighted by Crippen LogP contribution is 2.37. The Morgan fingerprint density at radius 1 is 1.35 bits per heavy atom. The lowest BCUT2D eigenvalue weighted by molar-refractivity contribution is -0.906. The topological polar surface area (TPSA) is 71.9 Å². The molecule has 1 saturated heterocycles. The Kier molecular flexibility index (Phi) is 5.32. The van der Waals surface area contributed by atoms with Gasteiger partial charge in [0.1, 0.15) is 13.1 Å². The molecule has 0 aliphatic carbocycles. The van der Waals surface area contributed by atoms with Crippen molar-refractivity contribution >= 4 is 29.3 Å². The molecule has 2 amide bonds. The van der Waals surface area contributed by atoms with E-state index in [2.05, 4.69) is 10.6 Å². The number of quaternary nitrogens is 1. The van der Waals surface area contributed by atoms with Crippen molar-refractivity contribution in [1.29, 1.82) is 0 Å². The maximum Gasteiger partial charge on any atom is 0.262 e.